The molecule has 0 spiro atoms. The summed E-state index contributed by atoms with van der Waals surface area (Å²) in [6.45, 7) is 7.01. The molecule has 0 bridgehead atoms. The lowest BCUT2D eigenvalue weighted by Crippen LogP contribution is -2.25. The average Bonchev–Trinajstić information content (AvgIpc) is 3.09. The molecule has 0 atom stereocenters. The van der Waals surface area contributed by atoms with Gasteiger partial charge >= 0.3 is 0 Å². The number of carbonyl (C=O) groups excluding carboxylic acids is 2. The Morgan fingerprint density at radius 2 is 1.65 bits per heavy atom. The highest BCUT2D eigenvalue weighted by molar-refractivity contribution is 5.94. The number of hydrogen-bond donors (Lipinski definition) is 2. The van der Waals surface area contributed by atoms with Crippen molar-refractivity contribution in [3.8, 4) is 5.75 Å². The molecule has 3 rings (SSSR count). The zero-order valence-electron chi connectivity index (χ0n) is 18.0. The molecule has 7 heteroatoms. The van der Waals surface area contributed by atoms with Crippen LogP contribution in [0.5, 0.6) is 5.75 Å². The zero-order valence-corrected chi connectivity index (χ0v) is 18.0. The molecular formula is C24H27N3O4. The second-order valence-corrected chi connectivity index (χ2v) is 7.25. The van der Waals surface area contributed by atoms with E-state index in [1.807, 2.05) is 57.2 Å². The van der Waals surface area contributed by atoms with Gasteiger partial charge in [0.05, 0.1) is 17.7 Å². The third-order valence-corrected chi connectivity index (χ3v) is 4.90. The number of nitrogens with one attached hydrogen (secondary N) is 2. The van der Waals surface area contributed by atoms with Gasteiger partial charge in [-0.1, -0.05) is 29.4 Å². The molecule has 0 aliphatic rings. The van der Waals surface area contributed by atoms with Gasteiger partial charge in [0.25, 0.3) is 5.91 Å². The predicted molar refractivity (Wildman–Crippen MR) is 117 cm³/mol. The lowest BCUT2D eigenvalue weighted by molar-refractivity contribution is -0.120. The number of hydrogen-bond acceptors (Lipinski definition) is 5. The van der Waals surface area contributed by atoms with Crippen LogP contribution in [-0.4, -0.2) is 23.5 Å². The van der Waals surface area contributed by atoms with Crippen molar-refractivity contribution >= 4 is 11.8 Å². The van der Waals surface area contributed by atoms with Crippen molar-refractivity contribution in [1.82, 2.24) is 15.8 Å². The molecule has 1 aromatic heterocycles. The first-order chi connectivity index (χ1) is 15.0. The highest BCUT2D eigenvalue weighted by Gasteiger charge is 2.10. The van der Waals surface area contributed by atoms with Crippen LogP contribution in [0.2, 0.25) is 0 Å². The van der Waals surface area contributed by atoms with Crippen molar-refractivity contribution in [2.75, 3.05) is 6.54 Å². The minimum Gasteiger partial charge on any atom is -0.489 e. The maximum Gasteiger partial charge on any atom is 0.251 e. The van der Waals surface area contributed by atoms with Crippen LogP contribution < -0.4 is 15.4 Å². The Labute approximate surface area is 181 Å². The standard InChI is InChI=1S/C24H27N3O4/c1-4-25-24(29)20-9-5-19(6-10-20)14-26-23(28)13-18-7-11-21(12-8-18)30-15-22-16(2)27-31-17(22)3/h5-12H,4,13-15H2,1-3H3,(H,25,29)(H,26,28). The Morgan fingerprint density at radius 1 is 0.968 bits per heavy atom. The summed E-state index contributed by atoms with van der Waals surface area (Å²) in [5.74, 6) is 1.30. The number of aryl methyl sites for hydroxylation is 2. The van der Waals surface area contributed by atoms with Crippen LogP contribution in [0, 0.1) is 13.8 Å². The number of carbonyl (C=O) groups is 2. The van der Waals surface area contributed by atoms with E-state index in [2.05, 4.69) is 15.8 Å². The molecule has 0 aliphatic heterocycles. The summed E-state index contributed by atoms with van der Waals surface area (Å²) < 4.78 is 10.9. The summed E-state index contributed by atoms with van der Waals surface area (Å²) in [6.07, 6.45) is 0.279. The van der Waals surface area contributed by atoms with Gasteiger partial charge in [0, 0.05) is 18.7 Å². The van der Waals surface area contributed by atoms with E-state index in [-0.39, 0.29) is 18.2 Å². The van der Waals surface area contributed by atoms with E-state index in [9.17, 15) is 9.59 Å². The van der Waals surface area contributed by atoms with Crippen molar-refractivity contribution in [3.05, 3.63) is 82.2 Å². The quantitative estimate of drug-likeness (QED) is 0.552. The molecule has 2 aromatic carbocycles. The van der Waals surface area contributed by atoms with Crippen LogP contribution >= 0.6 is 0 Å². The van der Waals surface area contributed by atoms with Crippen LogP contribution in [-0.2, 0) is 24.4 Å². The minimum atomic E-state index is -0.0998. The molecule has 1 heterocycles. The maximum absolute atomic E-state index is 12.3. The molecule has 2 amide bonds. The monoisotopic (exact) mass is 421 g/mol. The fourth-order valence-electron chi connectivity index (χ4n) is 3.05. The molecule has 3 aromatic rings. The third kappa shape index (κ3) is 6.18. The van der Waals surface area contributed by atoms with Gasteiger partial charge in [-0.2, -0.15) is 0 Å². The summed E-state index contributed by atoms with van der Waals surface area (Å²) in [7, 11) is 0. The highest BCUT2D eigenvalue weighted by atomic mass is 16.5. The van der Waals surface area contributed by atoms with Crippen LogP contribution in [0.1, 0.15) is 45.4 Å². The summed E-state index contributed by atoms with van der Waals surface area (Å²) >= 11 is 0. The highest BCUT2D eigenvalue weighted by Crippen LogP contribution is 2.18. The van der Waals surface area contributed by atoms with E-state index in [0.29, 0.717) is 25.3 Å². The van der Waals surface area contributed by atoms with Crippen molar-refractivity contribution in [1.29, 1.82) is 0 Å². The molecule has 0 aliphatic carbocycles. The number of nitrogens with zero attached hydrogens (tertiary/aromatic N) is 1. The van der Waals surface area contributed by atoms with Gasteiger partial charge in [0.2, 0.25) is 5.91 Å². The molecule has 0 saturated heterocycles. The topological polar surface area (TPSA) is 93.5 Å². The summed E-state index contributed by atoms with van der Waals surface area (Å²) in [5.41, 5.74) is 4.21. The minimum absolute atomic E-state index is 0.0720. The van der Waals surface area contributed by atoms with Crippen molar-refractivity contribution < 1.29 is 18.8 Å². The smallest absolute Gasteiger partial charge is 0.251 e. The van der Waals surface area contributed by atoms with Gasteiger partial charge in [-0.15, -0.1) is 0 Å². The molecule has 0 unspecified atom stereocenters. The molecule has 162 valence electrons. The number of amides is 2. The van der Waals surface area contributed by atoms with Gasteiger partial charge in [-0.25, -0.2) is 0 Å². The van der Waals surface area contributed by atoms with Crippen LogP contribution in [0.25, 0.3) is 0 Å². The van der Waals surface area contributed by atoms with E-state index in [4.69, 9.17) is 9.26 Å². The fraction of sp³-hybridized carbons (Fsp3) is 0.292. The van der Waals surface area contributed by atoms with E-state index in [1.54, 1.807) is 12.1 Å². The van der Waals surface area contributed by atoms with Crippen molar-refractivity contribution in [3.63, 3.8) is 0 Å². The van der Waals surface area contributed by atoms with E-state index in [1.165, 1.54) is 0 Å². The third-order valence-electron chi connectivity index (χ3n) is 4.90. The molecule has 7 nitrogen and oxygen atoms in total. The number of ether oxygens (including phenoxy) is 1. The number of benzene rings is 2. The zero-order chi connectivity index (χ0) is 22.2. The summed E-state index contributed by atoms with van der Waals surface area (Å²) in [5, 5.41) is 9.58. The second kappa shape index (κ2) is 10.4. The lowest BCUT2D eigenvalue weighted by Gasteiger charge is -2.08. The molecule has 0 fully saturated rings. The first-order valence-corrected chi connectivity index (χ1v) is 10.2. The van der Waals surface area contributed by atoms with E-state index in [0.717, 1.165) is 33.9 Å². The van der Waals surface area contributed by atoms with Crippen LogP contribution in [0.3, 0.4) is 0 Å². The Kier molecular flexibility index (Phi) is 7.43. The number of aromatic nitrogens is 1. The molecule has 2 N–H and O–H groups in total. The van der Waals surface area contributed by atoms with E-state index >= 15 is 0 Å². The predicted octanol–water partition coefficient (Wildman–Crippen LogP) is 3.48. The lowest BCUT2D eigenvalue weighted by atomic mass is 10.1. The molecule has 0 radical (unpaired) electrons. The Morgan fingerprint density at radius 3 is 2.26 bits per heavy atom. The van der Waals surface area contributed by atoms with Crippen LogP contribution in [0.4, 0.5) is 0 Å². The average molecular weight is 421 g/mol. The summed E-state index contributed by atoms with van der Waals surface area (Å²) in [4.78, 5) is 24.0. The Bertz CT molecular complexity index is 1000. The van der Waals surface area contributed by atoms with Gasteiger partial charge < -0.3 is 19.9 Å². The first-order valence-electron chi connectivity index (χ1n) is 10.2. The Balaban J connectivity index is 1.45. The van der Waals surface area contributed by atoms with Gasteiger partial charge in [-0.05, 0) is 56.2 Å². The van der Waals surface area contributed by atoms with Crippen molar-refractivity contribution in [2.45, 2.75) is 40.3 Å². The van der Waals surface area contributed by atoms with Gasteiger partial charge in [0.1, 0.15) is 18.1 Å². The largest absolute Gasteiger partial charge is 0.489 e. The van der Waals surface area contributed by atoms with Gasteiger partial charge in [-0.3, -0.25) is 9.59 Å². The fourth-order valence-corrected chi connectivity index (χ4v) is 3.05. The summed E-state index contributed by atoms with van der Waals surface area (Å²) in [6, 6.07) is 14.7. The Hall–Kier alpha value is -3.61. The SMILES string of the molecule is CCNC(=O)c1ccc(CNC(=O)Cc2ccc(OCc3c(C)noc3C)cc2)cc1. The first kappa shape index (κ1) is 22.1. The molecule has 0 saturated carbocycles. The normalized spacial score (nSPS) is 10.5. The molecular weight excluding hydrogens is 394 g/mol. The maximum atomic E-state index is 12.3. The molecule has 31 heavy (non-hydrogen) atoms. The number of rotatable bonds is 9. The van der Waals surface area contributed by atoms with Gasteiger partial charge in [0.15, 0.2) is 0 Å². The van der Waals surface area contributed by atoms with Crippen LogP contribution in [0.15, 0.2) is 53.1 Å². The second-order valence-electron chi connectivity index (χ2n) is 7.25. The van der Waals surface area contributed by atoms with Crippen molar-refractivity contribution in [2.24, 2.45) is 0 Å². The van der Waals surface area contributed by atoms with E-state index < -0.39 is 0 Å².